The Morgan fingerprint density at radius 3 is 2.43 bits per heavy atom. The lowest BCUT2D eigenvalue weighted by molar-refractivity contribution is -0.132. The van der Waals surface area contributed by atoms with Gasteiger partial charge in [0.15, 0.2) is 0 Å². The fourth-order valence-corrected chi connectivity index (χ4v) is 4.31. The summed E-state index contributed by atoms with van der Waals surface area (Å²) < 4.78 is 0. The molecular weight excluding hydrogens is 350 g/mol. The number of nitrogens with zero attached hydrogens (tertiary/aromatic N) is 1. The molecule has 0 radical (unpaired) electrons. The summed E-state index contributed by atoms with van der Waals surface area (Å²) in [7, 11) is 0. The lowest BCUT2D eigenvalue weighted by Crippen LogP contribution is -2.62. The fourth-order valence-electron chi connectivity index (χ4n) is 4.31. The highest BCUT2D eigenvalue weighted by Crippen LogP contribution is 2.32. The second-order valence-corrected chi connectivity index (χ2v) is 8.46. The van der Waals surface area contributed by atoms with E-state index < -0.39 is 5.66 Å². The Morgan fingerprint density at radius 2 is 1.71 bits per heavy atom. The van der Waals surface area contributed by atoms with E-state index in [9.17, 15) is 9.59 Å². The van der Waals surface area contributed by atoms with Crippen molar-refractivity contribution in [3.05, 3.63) is 29.3 Å². The highest BCUT2D eigenvalue weighted by Gasteiger charge is 2.40. The lowest BCUT2D eigenvalue weighted by Gasteiger charge is -2.46. The van der Waals surface area contributed by atoms with Crippen molar-refractivity contribution in [1.29, 1.82) is 0 Å². The van der Waals surface area contributed by atoms with E-state index in [1.165, 1.54) is 32.1 Å². The Kier molecular flexibility index (Phi) is 6.97. The predicted molar refractivity (Wildman–Crippen MR) is 113 cm³/mol. The molecule has 1 aromatic rings. The summed E-state index contributed by atoms with van der Waals surface area (Å²) >= 11 is 0. The first kappa shape index (κ1) is 20.7. The molecule has 0 aromatic heterocycles. The van der Waals surface area contributed by atoms with Gasteiger partial charge in [-0.1, -0.05) is 57.1 Å². The number of nitrogens with one attached hydrogen (secondary N) is 2. The van der Waals surface area contributed by atoms with Gasteiger partial charge in [-0.25, -0.2) is 0 Å². The molecule has 0 unspecified atom stereocenters. The van der Waals surface area contributed by atoms with Crippen LogP contribution in [0.1, 0.15) is 87.1 Å². The largest absolute Gasteiger partial charge is 0.362 e. The molecule has 28 heavy (non-hydrogen) atoms. The summed E-state index contributed by atoms with van der Waals surface area (Å²) in [6, 6.07) is 5.94. The highest BCUT2D eigenvalue weighted by atomic mass is 16.2. The van der Waals surface area contributed by atoms with Gasteiger partial charge in [-0.05, 0) is 25.5 Å². The van der Waals surface area contributed by atoms with Gasteiger partial charge in [0.05, 0.1) is 5.56 Å². The van der Waals surface area contributed by atoms with Crippen LogP contribution < -0.4 is 10.6 Å². The zero-order chi connectivity index (χ0) is 20.0. The number of aryl methyl sites for hydroxylation is 1. The van der Waals surface area contributed by atoms with Gasteiger partial charge in [0.1, 0.15) is 5.66 Å². The van der Waals surface area contributed by atoms with Gasteiger partial charge >= 0.3 is 0 Å². The number of carbonyl (C=O) groups excluding carboxylic acids is 2. The second-order valence-electron chi connectivity index (χ2n) is 8.46. The van der Waals surface area contributed by atoms with Crippen molar-refractivity contribution in [2.24, 2.45) is 0 Å². The number of fused-ring (bicyclic) bond motifs is 1. The first-order valence-electron chi connectivity index (χ1n) is 11.0. The third kappa shape index (κ3) is 5.06. The first-order valence-corrected chi connectivity index (χ1v) is 11.0. The smallest absolute Gasteiger partial charge is 0.255 e. The van der Waals surface area contributed by atoms with E-state index in [2.05, 4.69) is 17.6 Å². The van der Waals surface area contributed by atoms with Crippen molar-refractivity contribution in [2.45, 2.75) is 83.7 Å². The standard InChI is InChI=1S/C23H35N3O2/c1-3-4-5-6-7-8-9-10-21(27)26-15-13-23(14-16-26)24-20-12-11-18(2)17-19(20)22(28)25-23/h11-12,17,24H,3-10,13-16H2,1-2H3,(H,25,28). The molecule has 1 saturated heterocycles. The van der Waals surface area contributed by atoms with Crippen LogP contribution in [0.4, 0.5) is 5.69 Å². The summed E-state index contributed by atoms with van der Waals surface area (Å²) in [4.78, 5) is 27.1. The van der Waals surface area contributed by atoms with E-state index in [4.69, 9.17) is 0 Å². The zero-order valence-corrected chi connectivity index (χ0v) is 17.5. The minimum Gasteiger partial charge on any atom is -0.362 e. The number of anilines is 1. The van der Waals surface area contributed by atoms with Gasteiger partial charge in [0.2, 0.25) is 5.91 Å². The van der Waals surface area contributed by atoms with Gasteiger partial charge in [0, 0.05) is 38.0 Å². The molecule has 3 rings (SSSR count). The molecule has 1 spiro atoms. The molecular formula is C23H35N3O2. The second kappa shape index (κ2) is 9.44. The van der Waals surface area contributed by atoms with Crippen LogP contribution in [0, 0.1) is 6.92 Å². The molecule has 2 heterocycles. The van der Waals surface area contributed by atoms with Crippen LogP contribution in [0.5, 0.6) is 0 Å². The van der Waals surface area contributed by atoms with E-state index in [0.717, 1.165) is 36.9 Å². The summed E-state index contributed by atoms with van der Waals surface area (Å²) in [6.45, 7) is 5.62. The van der Waals surface area contributed by atoms with Crippen LogP contribution in [-0.4, -0.2) is 35.5 Å². The van der Waals surface area contributed by atoms with Gasteiger partial charge in [-0.15, -0.1) is 0 Å². The maximum Gasteiger partial charge on any atom is 0.255 e. The van der Waals surface area contributed by atoms with E-state index in [0.29, 0.717) is 25.1 Å². The monoisotopic (exact) mass is 385 g/mol. The molecule has 2 aliphatic rings. The Labute approximate surface area is 169 Å². The lowest BCUT2D eigenvalue weighted by atomic mass is 9.91. The summed E-state index contributed by atoms with van der Waals surface area (Å²) in [6.07, 6.45) is 10.7. The molecule has 0 aliphatic carbocycles. The van der Waals surface area contributed by atoms with E-state index in [1.807, 2.05) is 30.0 Å². The quantitative estimate of drug-likeness (QED) is 0.643. The number of benzene rings is 1. The topological polar surface area (TPSA) is 61.4 Å². The summed E-state index contributed by atoms with van der Waals surface area (Å²) in [5, 5.41) is 6.70. The zero-order valence-electron chi connectivity index (χ0n) is 17.5. The van der Waals surface area contributed by atoms with Gasteiger partial charge in [-0.3, -0.25) is 9.59 Å². The number of unbranched alkanes of at least 4 members (excludes halogenated alkanes) is 6. The normalized spacial score (nSPS) is 17.8. The number of rotatable bonds is 8. The van der Waals surface area contributed by atoms with E-state index in [1.54, 1.807) is 0 Å². The van der Waals surface area contributed by atoms with Crippen molar-refractivity contribution < 1.29 is 9.59 Å². The molecule has 2 aliphatic heterocycles. The molecule has 2 amide bonds. The summed E-state index contributed by atoms with van der Waals surface area (Å²) in [5.41, 5.74) is 2.27. The Morgan fingerprint density at radius 1 is 1.04 bits per heavy atom. The minimum atomic E-state index is -0.421. The van der Waals surface area contributed by atoms with Crippen LogP contribution in [0.3, 0.4) is 0 Å². The van der Waals surface area contributed by atoms with Crippen LogP contribution >= 0.6 is 0 Å². The molecule has 5 nitrogen and oxygen atoms in total. The average Bonchev–Trinajstić information content (AvgIpc) is 2.68. The van der Waals surface area contributed by atoms with Crippen molar-refractivity contribution in [3.8, 4) is 0 Å². The van der Waals surface area contributed by atoms with Crippen LogP contribution in [0.25, 0.3) is 0 Å². The number of piperidine rings is 1. The molecule has 1 fully saturated rings. The van der Waals surface area contributed by atoms with Crippen LogP contribution in [0.2, 0.25) is 0 Å². The molecule has 2 N–H and O–H groups in total. The van der Waals surface area contributed by atoms with Crippen molar-refractivity contribution >= 4 is 17.5 Å². The number of carbonyl (C=O) groups is 2. The van der Waals surface area contributed by atoms with Crippen LogP contribution in [-0.2, 0) is 4.79 Å². The van der Waals surface area contributed by atoms with Crippen molar-refractivity contribution in [2.75, 3.05) is 18.4 Å². The Bertz CT molecular complexity index is 693. The van der Waals surface area contributed by atoms with E-state index >= 15 is 0 Å². The Balaban J connectivity index is 1.43. The molecule has 154 valence electrons. The molecule has 0 bridgehead atoms. The summed E-state index contributed by atoms with van der Waals surface area (Å²) in [5.74, 6) is 0.252. The third-order valence-corrected chi connectivity index (χ3v) is 6.11. The minimum absolute atomic E-state index is 0.0136. The van der Waals surface area contributed by atoms with Gasteiger partial charge in [-0.2, -0.15) is 0 Å². The first-order chi connectivity index (χ1) is 13.5. The van der Waals surface area contributed by atoms with Crippen LogP contribution in [0.15, 0.2) is 18.2 Å². The van der Waals surface area contributed by atoms with Crippen molar-refractivity contribution in [3.63, 3.8) is 0 Å². The molecule has 0 atom stereocenters. The maximum absolute atomic E-state index is 12.6. The molecule has 1 aromatic carbocycles. The fraction of sp³-hybridized carbons (Fsp3) is 0.652. The maximum atomic E-state index is 12.6. The molecule has 5 heteroatoms. The number of amides is 2. The molecule has 0 saturated carbocycles. The number of likely N-dealkylation sites (tertiary alicyclic amines) is 1. The Hall–Kier alpha value is -2.04. The van der Waals surface area contributed by atoms with Gasteiger partial charge in [0.25, 0.3) is 5.91 Å². The van der Waals surface area contributed by atoms with E-state index in [-0.39, 0.29) is 11.8 Å². The highest BCUT2D eigenvalue weighted by molar-refractivity contribution is 6.02. The third-order valence-electron chi connectivity index (χ3n) is 6.11. The number of hydrogen-bond acceptors (Lipinski definition) is 3. The van der Waals surface area contributed by atoms with Crippen molar-refractivity contribution in [1.82, 2.24) is 10.2 Å². The number of hydrogen-bond donors (Lipinski definition) is 2. The SMILES string of the molecule is CCCCCCCCCC(=O)N1CCC2(CC1)NC(=O)c1cc(C)ccc1N2. The van der Waals surface area contributed by atoms with Gasteiger partial charge < -0.3 is 15.5 Å². The average molecular weight is 386 g/mol. The predicted octanol–water partition coefficient (Wildman–Crippen LogP) is 4.61.